The van der Waals surface area contributed by atoms with E-state index in [2.05, 4.69) is 30.7 Å². The number of aromatic nitrogens is 2. The van der Waals surface area contributed by atoms with Gasteiger partial charge < -0.3 is 9.88 Å². The summed E-state index contributed by atoms with van der Waals surface area (Å²) in [6.45, 7) is 8.34. The highest BCUT2D eigenvalue weighted by molar-refractivity contribution is 7.99. The van der Waals surface area contributed by atoms with E-state index in [1.165, 1.54) is 28.6 Å². The van der Waals surface area contributed by atoms with Crippen molar-refractivity contribution in [1.29, 1.82) is 0 Å². The molecule has 0 bridgehead atoms. The van der Waals surface area contributed by atoms with Crippen LogP contribution in [0.15, 0.2) is 9.95 Å². The smallest absolute Gasteiger partial charge is 0.260 e. The van der Waals surface area contributed by atoms with Crippen molar-refractivity contribution in [3.63, 3.8) is 0 Å². The fourth-order valence-corrected chi connectivity index (χ4v) is 6.69. The minimum absolute atomic E-state index is 0.0535. The van der Waals surface area contributed by atoms with Crippen molar-refractivity contribution in [2.75, 3.05) is 18.8 Å². The Kier molecular flexibility index (Phi) is 5.34. The van der Waals surface area contributed by atoms with Crippen LogP contribution in [0.2, 0.25) is 0 Å². The van der Waals surface area contributed by atoms with E-state index in [0.717, 1.165) is 42.6 Å². The zero-order valence-electron chi connectivity index (χ0n) is 16.2. The number of thioether (sulfide) groups is 1. The fraction of sp³-hybridized carbons (Fsp3) is 0.650. The molecule has 1 aliphatic carbocycles. The molecule has 0 aromatic carbocycles. The maximum absolute atomic E-state index is 12.6. The first-order chi connectivity index (χ1) is 12.9. The summed E-state index contributed by atoms with van der Waals surface area (Å²) in [6, 6.07) is 0. The number of aromatic amines is 1. The van der Waals surface area contributed by atoms with Crippen molar-refractivity contribution in [2.45, 2.75) is 51.6 Å². The number of amides is 1. The molecule has 7 heteroatoms. The summed E-state index contributed by atoms with van der Waals surface area (Å²) in [4.78, 5) is 36.9. The van der Waals surface area contributed by atoms with Gasteiger partial charge in [0, 0.05) is 18.0 Å². The lowest BCUT2D eigenvalue weighted by molar-refractivity contribution is -0.130. The van der Waals surface area contributed by atoms with Gasteiger partial charge in [-0.1, -0.05) is 32.5 Å². The molecule has 1 N–H and O–H groups in total. The number of nitrogens with zero attached hydrogens (tertiary/aromatic N) is 2. The number of hydrogen-bond donors (Lipinski definition) is 1. The van der Waals surface area contributed by atoms with Gasteiger partial charge in [-0.15, -0.1) is 11.3 Å². The molecule has 0 saturated carbocycles. The van der Waals surface area contributed by atoms with Crippen molar-refractivity contribution < 1.29 is 4.79 Å². The summed E-state index contributed by atoms with van der Waals surface area (Å²) in [5.74, 6) is 2.25. The maximum atomic E-state index is 12.6. The molecule has 3 heterocycles. The van der Waals surface area contributed by atoms with Crippen LogP contribution < -0.4 is 5.56 Å². The second-order valence-corrected chi connectivity index (χ2v) is 10.5. The summed E-state index contributed by atoms with van der Waals surface area (Å²) in [5, 5.41) is 1.34. The van der Waals surface area contributed by atoms with Crippen molar-refractivity contribution in [3.05, 3.63) is 20.8 Å². The zero-order chi connectivity index (χ0) is 19.1. The molecule has 1 amide bonds. The van der Waals surface area contributed by atoms with Gasteiger partial charge in [-0.3, -0.25) is 9.59 Å². The normalized spacial score (nSPS) is 25.6. The summed E-state index contributed by atoms with van der Waals surface area (Å²) in [6.07, 6.45) is 4.33. The van der Waals surface area contributed by atoms with Crippen LogP contribution in [0.1, 0.15) is 44.1 Å². The second kappa shape index (κ2) is 7.59. The van der Waals surface area contributed by atoms with E-state index in [0.29, 0.717) is 28.7 Å². The number of nitrogens with one attached hydrogen (secondary N) is 1. The van der Waals surface area contributed by atoms with Crippen LogP contribution in [0.3, 0.4) is 0 Å². The number of carbonyl (C=O) groups excluding carboxylic acids is 1. The molecule has 0 radical (unpaired) electrons. The largest absolute Gasteiger partial charge is 0.341 e. The minimum atomic E-state index is -0.0535. The number of likely N-dealkylation sites (tertiary alicyclic amines) is 1. The predicted molar refractivity (Wildman–Crippen MR) is 112 cm³/mol. The molecular weight excluding hydrogens is 378 g/mol. The van der Waals surface area contributed by atoms with Gasteiger partial charge in [0.2, 0.25) is 5.91 Å². The Labute approximate surface area is 167 Å². The molecule has 1 saturated heterocycles. The second-order valence-electron chi connectivity index (χ2n) is 8.44. The molecule has 2 aliphatic rings. The summed E-state index contributed by atoms with van der Waals surface area (Å²) in [5.41, 5.74) is 1.15. The van der Waals surface area contributed by atoms with Crippen LogP contribution in [0.25, 0.3) is 10.2 Å². The molecule has 2 aromatic heterocycles. The van der Waals surface area contributed by atoms with Crippen molar-refractivity contribution in [3.8, 4) is 0 Å². The van der Waals surface area contributed by atoms with Crippen LogP contribution in [0.5, 0.6) is 0 Å². The molecule has 3 atom stereocenters. The first-order valence-corrected chi connectivity index (χ1v) is 11.7. The number of rotatable bonds is 3. The number of thiophene rings is 1. The predicted octanol–water partition coefficient (Wildman–Crippen LogP) is 3.71. The Hall–Kier alpha value is -1.34. The Morgan fingerprint density at radius 3 is 2.74 bits per heavy atom. The SMILES string of the molecule is C[C@@H]1CCc2c(sc3nc(SCC(=O)N4C[C@H](C)C[C@H](C)C4)[nH]c(=O)c23)C1. The molecule has 0 unspecified atom stereocenters. The maximum Gasteiger partial charge on any atom is 0.260 e. The Balaban J connectivity index is 1.50. The van der Waals surface area contributed by atoms with E-state index in [4.69, 9.17) is 0 Å². The third kappa shape index (κ3) is 3.94. The molecule has 1 aliphatic heterocycles. The van der Waals surface area contributed by atoms with Crippen LogP contribution in [-0.2, 0) is 17.6 Å². The molecule has 1 fully saturated rings. The average Bonchev–Trinajstić information content (AvgIpc) is 2.96. The van der Waals surface area contributed by atoms with Crippen LogP contribution in [0.4, 0.5) is 0 Å². The molecule has 2 aromatic rings. The van der Waals surface area contributed by atoms with Crippen LogP contribution >= 0.6 is 23.1 Å². The molecule has 0 spiro atoms. The Morgan fingerprint density at radius 1 is 1.26 bits per heavy atom. The van der Waals surface area contributed by atoms with E-state index in [9.17, 15) is 9.59 Å². The summed E-state index contributed by atoms with van der Waals surface area (Å²) >= 11 is 3.00. The first-order valence-electron chi connectivity index (χ1n) is 9.85. The van der Waals surface area contributed by atoms with E-state index < -0.39 is 0 Å². The number of hydrogen-bond acceptors (Lipinski definition) is 5. The van der Waals surface area contributed by atoms with Gasteiger partial charge in [0.25, 0.3) is 5.56 Å². The van der Waals surface area contributed by atoms with E-state index in [1.807, 2.05) is 4.90 Å². The minimum Gasteiger partial charge on any atom is -0.341 e. The van der Waals surface area contributed by atoms with Crippen molar-refractivity contribution in [1.82, 2.24) is 14.9 Å². The summed E-state index contributed by atoms with van der Waals surface area (Å²) < 4.78 is 0. The number of H-pyrrole nitrogens is 1. The topological polar surface area (TPSA) is 66.1 Å². The lowest BCUT2D eigenvalue weighted by Gasteiger charge is -2.34. The third-order valence-corrected chi connectivity index (χ3v) is 7.70. The van der Waals surface area contributed by atoms with Gasteiger partial charge in [-0.2, -0.15) is 0 Å². The highest BCUT2D eigenvalue weighted by Gasteiger charge is 2.26. The Bertz CT molecular complexity index is 910. The van der Waals surface area contributed by atoms with Gasteiger partial charge in [-0.25, -0.2) is 4.98 Å². The third-order valence-electron chi connectivity index (χ3n) is 5.70. The Morgan fingerprint density at radius 2 is 2.00 bits per heavy atom. The van der Waals surface area contributed by atoms with Gasteiger partial charge >= 0.3 is 0 Å². The molecule has 5 nitrogen and oxygen atoms in total. The number of piperidine rings is 1. The lowest BCUT2D eigenvalue weighted by atomic mass is 9.89. The highest BCUT2D eigenvalue weighted by atomic mass is 32.2. The molecule has 27 heavy (non-hydrogen) atoms. The standard InChI is InChI=1S/C20H27N3O2S2/c1-11-4-5-14-15(7-11)27-19-17(14)18(25)21-20(22-19)26-10-16(24)23-8-12(2)6-13(3)9-23/h11-13H,4-10H2,1-3H3,(H,21,22,25)/t11-,12-,13+/m1/s1. The fourth-order valence-electron chi connectivity index (χ4n) is 4.49. The van der Waals surface area contributed by atoms with Gasteiger partial charge in [-0.05, 0) is 49.0 Å². The quantitative estimate of drug-likeness (QED) is 0.624. The van der Waals surface area contributed by atoms with Crippen LogP contribution in [-0.4, -0.2) is 39.6 Å². The highest BCUT2D eigenvalue weighted by Crippen LogP contribution is 2.36. The van der Waals surface area contributed by atoms with Crippen LogP contribution in [0, 0.1) is 17.8 Å². The molecular formula is C20H27N3O2S2. The lowest BCUT2D eigenvalue weighted by Crippen LogP contribution is -2.43. The summed E-state index contributed by atoms with van der Waals surface area (Å²) in [7, 11) is 0. The van der Waals surface area contributed by atoms with Crippen molar-refractivity contribution in [2.24, 2.45) is 17.8 Å². The van der Waals surface area contributed by atoms with E-state index in [1.54, 1.807) is 11.3 Å². The van der Waals surface area contributed by atoms with Crippen molar-refractivity contribution >= 4 is 39.2 Å². The average molecular weight is 406 g/mol. The number of aryl methyl sites for hydroxylation is 1. The number of carbonyl (C=O) groups is 1. The first kappa shape index (κ1) is 19.0. The zero-order valence-corrected chi connectivity index (χ0v) is 17.8. The van der Waals surface area contributed by atoms with Gasteiger partial charge in [0.15, 0.2) is 5.16 Å². The molecule has 4 rings (SSSR count). The van der Waals surface area contributed by atoms with E-state index >= 15 is 0 Å². The van der Waals surface area contributed by atoms with Gasteiger partial charge in [0.1, 0.15) is 4.83 Å². The van der Waals surface area contributed by atoms with Gasteiger partial charge in [0.05, 0.1) is 11.1 Å². The monoisotopic (exact) mass is 405 g/mol. The number of fused-ring (bicyclic) bond motifs is 3. The molecule has 146 valence electrons. The van der Waals surface area contributed by atoms with E-state index in [-0.39, 0.29) is 11.5 Å².